The van der Waals surface area contributed by atoms with Crippen LogP contribution in [0.5, 0.6) is 0 Å². The summed E-state index contributed by atoms with van der Waals surface area (Å²) in [4.78, 5) is 16.0. The fraction of sp³-hybridized carbons (Fsp3) is 0.273. The van der Waals surface area contributed by atoms with Gasteiger partial charge in [-0.3, -0.25) is 4.79 Å². The first-order valence-electron chi connectivity index (χ1n) is 5.24. The number of hydrogen-bond acceptors (Lipinski definition) is 5. The van der Waals surface area contributed by atoms with Crippen LogP contribution in [0.2, 0.25) is 0 Å². The molecule has 1 aliphatic carbocycles. The normalized spacial score (nSPS) is 22.5. The average molecular weight is 230 g/mol. The number of morpholine rings is 1. The number of allylic oxidation sites excluding steroid dienone is 1. The molecule has 1 fully saturated rings. The van der Waals surface area contributed by atoms with Crippen molar-refractivity contribution in [2.24, 2.45) is 0 Å². The van der Waals surface area contributed by atoms with E-state index in [-0.39, 0.29) is 12.5 Å². The van der Waals surface area contributed by atoms with E-state index in [2.05, 4.69) is 27.1 Å². The number of carbonyl (C=O) groups is 1. The lowest BCUT2D eigenvalue weighted by atomic mass is 10.2. The smallest absolute Gasteiger partial charge is 0.261 e. The summed E-state index contributed by atoms with van der Waals surface area (Å²) in [6.07, 6.45) is 3.77. The number of amides is 1. The van der Waals surface area contributed by atoms with E-state index in [0.29, 0.717) is 11.5 Å². The largest absolute Gasteiger partial charge is 0.354 e. The molecule has 0 bridgehead atoms. The minimum atomic E-state index is -0.799. The monoisotopic (exact) mass is 230 g/mol. The van der Waals surface area contributed by atoms with Crippen LogP contribution in [0.25, 0.3) is 6.08 Å². The Labute approximate surface area is 97.4 Å². The summed E-state index contributed by atoms with van der Waals surface area (Å²) in [5, 5.41) is 10.6. The predicted molar refractivity (Wildman–Crippen MR) is 58.5 cm³/mol. The van der Waals surface area contributed by atoms with Crippen LogP contribution in [-0.4, -0.2) is 27.7 Å². The number of fused-ring (bicyclic) bond motifs is 1. The molecule has 2 heterocycles. The molecular weight excluding hydrogens is 220 g/mol. The second-order valence-corrected chi connectivity index (χ2v) is 3.89. The highest BCUT2D eigenvalue weighted by atomic mass is 16.5. The van der Waals surface area contributed by atoms with Gasteiger partial charge in [0.05, 0.1) is 18.0 Å². The van der Waals surface area contributed by atoms with Crippen LogP contribution in [0.1, 0.15) is 23.3 Å². The Bertz CT molecular complexity index is 538. The summed E-state index contributed by atoms with van der Waals surface area (Å²) in [7, 11) is 0. The first kappa shape index (κ1) is 10.1. The molecule has 1 aromatic rings. The Morgan fingerprint density at radius 3 is 3.18 bits per heavy atom. The van der Waals surface area contributed by atoms with Gasteiger partial charge in [-0.05, 0) is 6.08 Å². The van der Waals surface area contributed by atoms with Gasteiger partial charge >= 0.3 is 0 Å². The molecule has 1 aliphatic heterocycles. The van der Waals surface area contributed by atoms with Gasteiger partial charge in [-0.25, -0.2) is 4.98 Å². The van der Waals surface area contributed by atoms with Crippen molar-refractivity contribution in [3.63, 3.8) is 0 Å². The van der Waals surface area contributed by atoms with Gasteiger partial charge in [0, 0.05) is 12.1 Å². The Kier molecular flexibility index (Phi) is 2.22. The van der Waals surface area contributed by atoms with Crippen molar-refractivity contribution in [1.29, 1.82) is 0 Å². The fourth-order valence-electron chi connectivity index (χ4n) is 1.77. The Balaban J connectivity index is 1.91. The van der Waals surface area contributed by atoms with E-state index in [1.165, 1.54) is 0 Å². The number of nitrogens with one attached hydrogen (secondary N) is 1. The Hall–Kier alpha value is -2.08. The quantitative estimate of drug-likeness (QED) is 0.742. The zero-order valence-corrected chi connectivity index (χ0v) is 9.01. The first-order valence-corrected chi connectivity index (χ1v) is 5.24. The maximum atomic E-state index is 11.7. The van der Waals surface area contributed by atoms with Crippen LogP contribution in [0.15, 0.2) is 18.4 Å². The number of nitrogens with zero attached hydrogens (tertiary/aromatic N) is 3. The summed E-state index contributed by atoms with van der Waals surface area (Å²) in [5.41, 5.74) is 2.13. The molecule has 1 unspecified atom stereocenters. The zero-order chi connectivity index (χ0) is 11.8. The third-order valence-electron chi connectivity index (χ3n) is 2.59. The average Bonchev–Trinajstić information content (AvgIpc) is 2.75. The molecular formula is C11H10N4O2. The molecule has 0 aromatic carbocycles. The highest BCUT2D eigenvalue weighted by Crippen LogP contribution is 2.21. The van der Waals surface area contributed by atoms with Crippen LogP contribution in [0.3, 0.4) is 0 Å². The molecule has 1 aromatic heterocycles. The van der Waals surface area contributed by atoms with E-state index in [1.54, 1.807) is 0 Å². The van der Waals surface area contributed by atoms with E-state index >= 15 is 0 Å². The van der Waals surface area contributed by atoms with Gasteiger partial charge in [0.1, 0.15) is 0 Å². The molecule has 1 saturated heterocycles. The Morgan fingerprint density at radius 1 is 1.47 bits per heavy atom. The van der Waals surface area contributed by atoms with Crippen LogP contribution in [-0.2, 0) is 16.0 Å². The number of hydrogen-bond donors (Lipinski definition) is 1. The van der Waals surface area contributed by atoms with Crippen molar-refractivity contribution in [2.45, 2.75) is 12.5 Å². The third-order valence-corrected chi connectivity index (χ3v) is 2.59. The number of rotatable bonds is 1. The Morgan fingerprint density at radius 2 is 2.35 bits per heavy atom. The van der Waals surface area contributed by atoms with Gasteiger partial charge in [0.2, 0.25) is 0 Å². The van der Waals surface area contributed by atoms with Crippen LogP contribution in [0, 0.1) is 0 Å². The van der Waals surface area contributed by atoms with Gasteiger partial charge < -0.3 is 10.1 Å². The maximum absolute atomic E-state index is 11.7. The molecule has 3 rings (SSSR count). The second kappa shape index (κ2) is 3.74. The third kappa shape index (κ3) is 1.72. The van der Waals surface area contributed by atoms with E-state index in [4.69, 9.17) is 4.74 Å². The summed E-state index contributed by atoms with van der Waals surface area (Å²) in [5.74, 6) is -0.00900. The van der Waals surface area contributed by atoms with Gasteiger partial charge in [-0.15, -0.1) is 5.10 Å². The standard InChI is InChI=1S/C11H10N4O2/c1-6-5-17-9(11(16)12-6)10-13-7-3-2-4-8(7)14-15-10/h2-3,9H,1,4-5H2,(H,12,16). The molecule has 6 nitrogen and oxygen atoms in total. The number of carbonyl (C=O) groups excluding carboxylic acids is 1. The predicted octanol–water partition coefficient (Wildman–Crippen LogP) is 0.142. The summed E-state index contributed by atoms with van der Waals surface area (Å²) < 4.78 is 5.35. The summed E-state index contributed by atoms with van der Waals surface area (Å²) in [6.45, 7) is 3.90. The summed E-state index contributed by atoms with van der Waals surface area (Å²) in [6, 6.07) is 0. The SMILES string of the molecule is C=C1COC(c2nnc3c(n2)C=CC3)C(=O)N1. The van der Waals surface area contributed by atoms with Crippen molar-refractivity contribution in [2.75, 3.05) is 6.61 Å². The fourth-order valence-corrected chi connectivity index (χ4v) is 1.77. The van der Waals surface area contributed by atoms with Crippen molar-refractivity contribution in [1.82, 2.24) is 20.5 Å². The first-order chi connectivity index (χ1) is 8.24. The van der Waals surface area contributed by atoms with Crippen LogP contribution >= 0.6 is 0 Å². The lowest BCUT2D eigenvalue weighted by Gasteiger charge is -2.22. The van der Waals surface area contributed by atoms with Crippen molar-refractivity contribution < 1.29 is 9.53 Å². The van der Waals surface area contributed by atoms with Gasteiger partial charge in [0.25, 0.3) is 5.91 Å². The molecule has 0 spiro atoms. The molecule has 0 saturated carbocycles. The van der Waals surface area contributed by atoms with Gasteiger partial charge in [0.15, 0.2) is 11.9 Å². The molecule has 1 atom stereocenters. The van der Waals surface area contributed by atoms with Crippen molar-refractivity contribution in [3.05, 3.63) is 35.6 Å². The highest BCUT2D eigenvalue weighted by molar-refractivity contribution is 5.83. The molecule has 1 N–H and O–H groups in total. The van der Waals surface area contributed by atoms with E-state index in [0.717, 1.165) is 17.8 Å². The molecule has 6 heteroatoms. The second-order valence-electron chi connectivity index (χ2n) is 3.89. The van der Waals surface area contributed by atoms with Crippen LogP contribution < -0.4 is 5.32 Å². The van der Waals surface area contributed by atoms with E-state index < -0.39 is 6.10 Å². The van der Waals surface area contributed by atoms with E-state index in [9.17, 15) is 4.79 Å². The van der Waals surface area contributed by atoms with E-state index in [1.807, 2.05) is 12.2 Å². The number of ether oxygens (including phenoxy) is 1. The topological polar surface area (TPSA) is 77.0 Å². The van der Waals surface area contributed by atoms with Gasteiger partial charge in [-0.1, -0.05) is 12.7 Å². The molecule has 1 amide bonds. The molecule has 17 heavy (non-hydrogen) atoms. The maximum Gasteiger partial charge on any atom is 0.261 e. The molecule has 0 radical (unpaired) electrons. The minimum absolute atomic E-state index is 0.271. The number of aromatic nitrogens is 3. The minimum Gasteiger partial charge on any atom is -0.354 e. The zero-order valence-electron chi connectivity index (χ0n) is 9.01. The van der Waals surface area contributed by atoms with Crippen molar-refractivity contribution >= 4 is 12.0 Å². The summed E-state index contributed by atoms with van der Waals surface area (Å²) >= 11 is 0. The van der Waals surface area contributed by atoms with Gasteiger partial charge in [-0.2, -0.15) is 5.10 Å². The molecule has 86 valence electrons. The lowest BCUT2D eigenvalue weighted by molar-refractivity contribution is -0.136. The van der Waals surface area contributed by atoms with Crippen LogP contribution in [0.4, 0.5) is 0 Å². The highest BCUT2D eigenvalue weighted by Gasteiger charge is 2.30. The molecule has 2 aliphatic rings. The van der Waals surface area contributed by atoms with Crippen molar-refractivity contribution in [3.8, 4) is 0 Å². The lowest BCUT2D eigenvalue weighted by Crippen LogP contribution is -2.38.